The van der Waals surface area contributed by atoms with Gasteiger partial charge in [0.25, 0.3) is 5.91 Å². The van der Waals surface area contributed by atoms with Gasteiger partial charge in [0.05, 0.1) is 19.2 Å². The van der Waals surface area contributed by atoms with Gasteiger partial charge in [-0.2, -0.15) is 5.06 Å². The number of hydrogen-bond donors (Lipinski definition) is 3. The molecule has 15 heteroatoms. The van der Waals surface area contributed by atoms with Crippen LogP contribution in [0, 0.1) is 5.41 Å². The van der Waals surface area contributed by atoms with E-state index >= 15 is 0 Å². The number of hydroxylamine groups is 2. The number of esters is 2. The van der Waals surface area contributed by atoms with Gasteiger partial charge in [-0.3, -0.25) is 28.8 Å². The number of carbonyl (C=O) groups excluding carboxylic acids is 5. The summed E-state index contributed by atoms with van der Waals surface area (Å²) in [4.78, 5) is 73.9. The van der Waals surface area contributed by atoms with Crippen LogP contribution < -0.4 is 10.6 Å². The summed E-state index contributed by atoms with van der Waals surface area (Å²) in [7, 11) is 3.32. The van der Waals surface area contributed by atoms with Crippen molar-refractivity contribution < 1.29 is 52.9 Å². The van der Waals surface area contributed by atoms with Gasteiger partial charge in [-0.05, 0) is 62.1 Å². The van der Waals surface area contributed by atoms with E-state index in [0.717, 1.165) is 11.1 Å². The number of aliphatic hydroxyl groups excluding tert-OH is 1. The van der Waals surface area contributed by atoms with Crippen LogP contribution in [0.15, 0.2) is 54.6 Å². The van der Waals surface area contributed by atoms with Gasteiger partial charge in [0.15, 0.2) is 6.04 Å². The molecule has 290 valence electrons. The Morgan fingerprint density at radius 1 is 1.09 bits per heavy atom. The molecule has 3 N–H and O–H groups in total. The molecule has 3 saturated heterocycles. The van der Waals surface area contributed by atoms with Crippen LogP contribution in [0.1, 0.15) is 67.1 Å². The summed E-state index contributed by atoms with van der Waals surface area (Å²) in [5.41, 5.74) is 0.371. The number of amides is 3. The lowest BCUT2D eigenvalue weighted by Crippen LogP contribution is -2.69. The smallest absolute Gasteiger partial charge is 0.327 e. The minimum absolute atomic E-state index is 0.0221. The van der Waals surface area contributed by atoms with Crippen LogP contribution >= 0.6 is 0 Å². The van der Waals surface area contributed by atoms with Crippen molar-refractivity contribution in [3.63, 3.8) is 0 Å². The minimum atomic E-state index is -1.39. The maximum Gasteiger partial charge on any atom is 0.327 e. The van der Waals surface area contributed by atoms with Crippen LogP contribution in [0.3, 0.4) is 0 Å². The predicted octanol–water partition coefficient (Wildman–Crippen LogP) is 1.86. The first-order chi connectivity index (χ1) is 25.7. The Kier molecular flexibility index (Phi) is 11.5. The quantitative estimate of drug-likeness (QED) is 0.200. The van der Waals surface area contributed by atoms with Crippen LogP contribution in [0.25, 0.3) is 6.08 Å². The average Bonchev–Trinajstić information content (AvgIpc) is 3.76. The number of likely N-dealkylation sites (N-methyl/N-ethyl adjacent to an activating group) is 1. The SMILES string of the molecule is CN(C)C(=O)C=Cc1ccccc1CN1O[C@@H]2[C@H]3OCO[C@H]3[C@@H]3C[C@]2(C(=O)NCc2cccc(C(=O)N[C@H](CO)CCC(=O)OC(C)(C)C)c2)[C@@H]1C(=O)O3. The Bertz CT molecular complexity index is 1790. The summed E-state index contributed by atoms with van der Waals surface area (Å²) in [6.45, 7) is 5.02. The number of nitrogens with zero attached hydrogens (tertiary/aromatic N) is 2. The van der Waals surface area contributed by atoms with Crippen molar-refractivity contribution >= 4 is 35.7 Å². The van der Waals surface area contributed by atoms with Crippen molar-refractivity contribution in [3.8, 4) is 0 Å². The average molecular weight is 749 g/mol. The van der Waals surface area contributed by atoms with Crippen LogP contribution in [0.2, 0.25) is 0 Å². The third kappa shape index (κ3) is 8.20. The van der Waals surface area contributed by atoms with Crippen LogP contribution in [-0.2, 0) is 56.1 Å². The van der Waals surface area contributed by atoms with Crippen LogP contribution in [-0.4, -0.2) is 114 Å². The fraction of sp³-hybridized carbons (Fsp3) is 0.513. The Labute approximate surface area is 313 Å². The maximum atomic E-state index is 14.5. The number of aliphatic hydroxyl groups is 1. The first-order valence-electron chi connectivity index (χ1n) is 18.1. The minimum Gasteiger partial charge on any atom is -0.460 e. The lowest BCUT2D eigenvalue weighted by Gasteiger charge is -2.48. The second kappa shape index (κ2) is 16.0. The van der Waals surface area contributed by atoms with E-state index in [9.17, 15) is 29.1 Å². The van der Waals surface area contributed by atoms with Crippen molar-refractivity contribution in [3.05, 3.63) is 76.9 Å². The van der Waals surface area contributed by atoms with Crippen molar-refractivity contribution in [2.75, 3.05) is 27.5 Å². The van der Waals surface area contributed by atoms with E-state index in [4.69, 9.17) is 23.8 Å². The molecule has 6 rings (SSSR count). The molecule has 3 aliphatic heterocycles. The molecule has 3 heterocycles. The van der Waals surface area contributed by atoms with E-state index in [0.29, 0.717) is 11.1 Å². The molecule has 2 aromatic rings. The Morgan fingerprint density at radius 2 is 1.85 bits per heavy atom. The standard InChI is InChI=1S/C39H48N4O11/c1-38(2,3)53-30(46)16-14-27(21-44)41-35(47)25-12-8-9-23(17-25)19-40-37(49)39-18-28-31-32(51-22-50-31)34(39)54-43(33(39)36(48)52-28)20-26-11-7-6-10-24(26)13-15-29(45)42(4)5/h6-13,15,17,27-28,31-34,44H,14,16,18-22H2,1-5H3,(H,40,49)(H,41,47)/t27-,28-,31-,32-,33-,34+,39-/m0/s1. The molecule has 54 heavy (non-hydrogen) atoms. The summed E-state index contributed by atoms with van der Waals surface area (Å²) in [5, 5.41) is 17.1. The van der Waals surface area contributed by atoms with Gasteiger partial charge in [-0.25, -0.2) is 0 Å². The van der Waals surface area contributed by atoms with Gasteiger partial charge in [0.2, 0.25) is 11.8 Å². The Morgan fingerprint density at radius 3 is 2.59 bits per heavy atom. The number of hydrogen-bond acceptors (Lipinski definition) is 12. The zero-order chi connectivity index (χ0) is 38.8. The highest BCUT2D eigenvalue weighted by Crippen LogP contribution is 2.55. The van der Waals surface area contributed by atoms with Gasteiger partial charge >= 0.3 is 11.9 Å². The van der Waals surface area contributed by atoms with Crippen molar-refractivity contribution in [1.82, 2.24) is 20.6 Å². The van der Waals surface area contributed by atoms with E-state index in [2.05, 4.69) is 10.6 Å². The Hall–Kier alpha value is -4.67. The molecule has 3 amide bonds. The molecule has 7 atom stereocenters. The number of carbonyl (C=O) groups is 5. The summed E-state index contributed by atoms with van der Waals surface area (Å²) in [5.74, 6) is -2.12. The number of rotatable bonds is 13. The third-order valence-electron chi connectivity index (χ3n) is 10.0. The highest BCUT2D eigenvalue weighted by Gasteiger charge is 2.74. The molecule has 4 fully saturated rings. The number of fused-ring (bicyclic) bond motifs is 4. The number of nitrogens with one attached hydrogen (secondary N) is 2. The van der Waals surface area contributed by atoms with Crippen molar-refractivity contribution in [2.24, 2.45) is 5.41 Å². The number of ether oxygens (including phenoxy) is 4. The predicted molar refractivity (Wildman–Crippen MR) is 192 cm³/mol. The lowest BCUT2D eigenvalue weighted by molar-refractivity contribution is -0.201. The highest BCUT2D eigenvalue weighted by atomic mass is 16.8. The van der Waals surface area contributed by atoms with Gasteiger partial charge in [-0.15, -0.1) is 0 Å². The first kappa shape index (κ1) is 39.0. The molecule has 0 spiro atoms. The Balaban J connectivity index is 1.18. The summed E-state index contributed by atoms with van der Waals surface area (Å²) < 4.78 is 23.0. The topological polar surface area (TPSA) is 182 Å². The molecule has 0 unspecified atom stereocenters. The molecule has 4 aliphatic rings. The zero-order valence-electron chi connectivity index (χ0n) is 31.1. The fourth-order valence-electron chi connectivity index (χ4n) is 7.48. The molecule has 1 aliphatic carbocycles. The molecule has 2 aromatic carbocycles. The third-order valence-corrected chi connectivity index (χ3v) is 10.0. The first-order valence-corrected chi connectivity index (χ1v) is 18.1. The molecular weight excluding hydrogens is 700 g/mol. The maximum absolute atomic E-state index is 14.5. The number of benzene rings is 2. The van der Waals surface area contributed by atoms with Gasteiger partial charge in [-0.1, -0.05) is 36.4 Å². The van der Waals surface area contributed by atoms with E-state index < -0.39 is 71.3 Å². The molecule has 15 nitrogen and oxygen atoms in total. The van der Waals surface area contributed by atoms with E-state index in [1.807, 2.05) is 24.3 Å². The van der Waals surface area contributed by atoms with Gasteiger partial charge < -0.3 is 39.6 Å². The highest BCUT2D eigenvalue weighted by molar-refractivity contribution is 5.95. The largest absolute Gasteiger partial charge is 0.460 e. The van der Waals surface area contributed by atoms with E-state index in [1.165, 1.54) is 16.0 Å². The molecular formula is C39H48N4O11. The van der Waals surface area contributed by atoms with Crippen molar-refractivity contribution in [2.45, 2.75) is 95.2 Å². The summed E-state index contributed by atoms with van der Waals surface area (Å²) in [6, 6.07) is 12.3. The molecule has 1 saturated carbocycles. The van der Waals surface area contributed by atoms with Crippen LogP contribution in [0.5, 0.6) is 0 Å². The van der Waals surface area contributed by atoms with Gasteiger partial charge in [0.1, 0.15) is 42.2 Å². The summed E-state index contributed by atoms with van der Waals surface area (Å²) in [6.07, 6.45) is 0.649. The summed E-state index contributed by atoms with van der Waals surface area (Å²) >= 11 is 0. The molecule has 0 aromatic heterocycles. The second-order valence-electron chi connectivity index (χ2n) is 15.2. The van der Waals surface area contributed by atoms with E-state index in [1.54, 1.807) is 65.2 Å². The monoisotopic (exact) mass is 748 g/mol. The lowest BCUT2D eigenvalue weighted by atomic mass is 9.62. The second-order valence-corrected chi connectivity index (χ2v) is 15.2. The van der Waals surface area contributed by atoms with Crippen molar-refractivity contribution in [1.29, 1.82) is 0 Å². The van der Waals surface area contributed by atoms with Crippen LogP contribution in [0.4, 0.5) is 0 Å². The normalized spacial score (nSPS) is 26.5. The zero-order valence-corrected chi connectivity index (χ0v) is 31.1. The van der Waals surface area contributed by atoms with Gasteiger partial charge in [0, 0.05) is 45.1 Å². The molecule has 0 radical (unpaired) electrons. The molecule has 2 bridgehead atoms. The van der Waals surface area contributed by atoms with E-state index in [-0.39, 0.29) is 51.7 Å². The fourth-order valence-corrected chi connectivity index (χ4v) is 7.48.